The molecule has 0 radical (unpaired) electrons. The molecule has 0 aliphatic carbocycles. The molecule has 4 rings (SSSR count). The highest BCUT2D eigenvalue weighted by Crippen LogP contribution is 2.47. The van der Waals surface area contributed by atoms with E-state index in [0.717, 1.165) is 15.7 Å². The molecule has 0 spiro atoms. The van der Waals surface area contributed by atoms with Gasteiger partial charge in [-0.3, -0.25) is 0 Å². The first-order valence-corrected chi connectivity index (χ1v) is 11.4. The summed E-state index contributed by atoms with van der Waals surface area (Å²) in [4.78, 5) is 3.41. The Bertz CT molecular complexity index is 1110. The zero-order valence-electron chi connectivity index (χ0n) is 18.6. The van der Waals surface area contributed by atoms with Crippen molar-refractivity contribution in [3.63, 3.8) is 0 Å². The van der Waals surface area contributed by atoms with E-state index >= 15 is 0 Å². The Kier molecular flexibility index (Phi) is 6.92. The summed E-state index contributed by atoms with van der Waals surface area (Å²) >= 11 is 9.70. The lowest BCUT2D eigenvalue weighted by Crippen LogP contribution is -2.62. The number of halogens is 2. The fourth-order valence-corrected chi connectivity index (χ4v) is 4.74. The number of anilines is 1. The third-order valence-electron chi connectivity index (χ3n) is 5.76. The predicted molar refractivity (Wildman–Crippen MR) is 126 cm³/mol. The SMILES string of the molecule is COC(OC)[C@]1(C)Oc2ccc(Br)cc2[C@H](N(Cc2nnn(C)n2)c2ccc(Cl)cc2)[C@H]1O. The molecule has 0 bridgehead atoms. The maximum absolute atomic E-state index is 11.8. The minimum atomic E-state index is -1.21. The molecule has 0 saturated carbocycles. The van der Waals surface area contributed by atoms with Gasteiger partial charge in [0.25, 0.3) is 0 Å². The van der Waals surface area contributed by atoms with Crippen LogP contribution in [0.2, 0.25) is 5.02 Å². The summed E-state index contributed by atoms with van der Waals surface area (Å²) in [6.45, 7) is 2.05. The average Bonchev–Trinajstić information content (AvgIpc) is 3.20. The molecule has 0 unspecified atom stereocenters. The molecule has 0 fully saturated rings. The van der Waals surface area contributed by atoms with Crippen molar-refractivity contribution < 1.29 is 19.3 Å². The summed E-state index contributed by atoms with van der Waals surface area (Å²) in [7, 11) is 4.74. The van der Waals surface area contributed by atoms with E-state index in [0.29, 0.717) is 16.6 Å². The Morgan fingerprint density at radius 1 is 1.24 bits per heavy atom. The number of methoxy groups -OCH3 is 2. The highest BCUT2D eigenvalue weighted by molar-refractivity contribution is 9.10. The van der Waals surface area contributed by atoms with Crippen molar-refractivity contribution in [1.82, 2.24) is 20.2 Å². The van der Waals surface area contributed by atoms with Crippen LogP contribution in [0.4, 0.5) is 5.69 Å². The second-order valence-corrected chi connectivity index (χ2v) is 9.31. The Hall–Kier alpha value is -2.24. The number of hydrogen-bond acceptors (Lipinski definition) is 8. The number of aliphatic hydroxyl groups excluding tert-OH is 1. The van der Waals surface area contributed by atoms with Gasteiger partial charge in [0.05, 0.1) is 19.6 Å². The van der Waals surface area contributed by atoms with Gasteiger partial charge in [-0.05, 0) is 54.6 Å². The number of aliphatic hydroxyl groups is 1. The van der Waals surface area contributed by atoms with Gasteiger partial charge in [-0.2, -0.15) is 4.80 Å². The van der Waals surface area contributed by atoms with E-state index < -0.39 is 24.0 Å². The summed E-state index contributed by atoms with van der Waals surface area (Å²) in [6, 6.07) is 12.5. The minimum Gasteiger partial charge on any atom is -0.479 e. The van der Waals surface area contributed by atoms with E-state index in [1.165, 1.54) is 19.0 Å². The van der Waals surface area contributed by atoms with Crippen molar-refractivity contribution in [2.45, 2.75) is 37.5 Å². The number of ether oxygens (including phenoxy) is 3. The molecule has 3 atom stereocenters. The van der Waals surface area contributed by atoms with Gasteiger partial charge in [-0.25, -0.2) is 0 Å². The second-order valence-electron chi connectivity index (χ2n) is 7.96. The van der Waals surface area contributed by atoms with Crippen LogP contribution in [0.1, 0.15) is 24.4 Å². The lowest BCUT2D eigenvalue weighted by atomic mass is 9.83. The predicted octanol–water partition coefficient (Wildman–Crippen LogP) is 3.50. The van der Waals surface area contributed by atoms with Crippen LogP contribution in [-0.2, 0) is 23.1 Å². The third-order valence-corrected chi connectivity index (χ3v) is 6.50. The number of tetrazole rings is 1. The molecule has 33 heavy (non-hydrogen) atoms. The molecule has 1 aliphatic rings. The number of fused-ring (bicyclic) bond motifs is 1. The Balaban J connectivity index is 1.89. The molecule has 1 aliphatic heterocycles. The standard InChI is InChI=1S/C22H25BrClN5O4/c1-22(21(31-3)32-4)20(30)19(16-11-13(23)5-10-17(16)33-22)29(12-18-25-27-28(2)26-18)15-8-6-14(24)7-9-15/h5-11,19-21,30H,12H2,1-4H3/t19-,20+,22+/m0/s1. The highest BCUT2D eigenvalue weighted by atomic mass is 79.9. The molecule has 2 heterocycles. The van der Waals surface area contributed by atoms with Crippen LogP contribution in [0.3, 0.4) is 0 Å². The first-order valence-electron chi connectivity index (χ1n) is 10.2. The summed E-state index contributed by atoms with van der Waals surface area (Å²) in [5.74, 6) is 1.11. The number of hydrogen-bond donors (Lipinski definition) is 1. The largest absolute Gasteiger partial charge is 0.479 e. The van der Waals surface area contributed by atoms with Gasteiger partial charge in [-0.1, -0.05) is 27.5 Å². The van der Waals surface area contributed by atoms with Crippen molar-refractivity contribution >= 4 is 33.2 Å². The molecule has 0 saturated heterocycles. The Labute approximate surface area is 205 Å². The molecular formula is C22H25BrClN5O4. The fourth-order valence-electron chi connectivity index (χ4n) is 4.24. The van der Waals surface area contributed by atoms with Crippen LogP contribution < -0.4 is 9.64 Å². The Morgan fingerprint density at radius 3 is 2.55 bits per heavy atom. The summed E-state index contributed by atoms with van der Waals surface area (Å²) in [5, 5.41) is 24.9. The number of nitrogens with zero attached hydrogens (tertiary/aromatic N) is 5. The van der Waals surface area contributed by atoms with Crippen LogP contribution in [0.5, 0.6) is 5.75 Å². The van der Waals surface area contributed by atoms with E-state index in [-0.39, 0.29) is 6.54 Å². The number of aromatic nitrogens is 4. The van der Waals surface area contributed by atoms with Crippen molar-refractivity contribution in [1.29, 1.82) is 0 Å². The maximum atomic E-state index is 11.8. The van der Waals surface area contributed by atoms with Crippen LogP contribution in [0, 0.1) is 0 Å². The molecule has 0 amide bonds. The maximum Gasteiger partial charge on any atom is 0.199 e. The van der Waals surface area contributed by atoms with E-state index in [2.05, 4.69) is 31.3 Å². The van der Waals surface area contributed by atoms with Crippen molar-refractivity contribution in [3.05, 3.63) is 63.3 Å². The average molecular weight is 539 g/mol. The lowest BCUT2D eigenvalue weighted by molar-refractivity contribution is -0.237. The summed E-state index contributed by atoms with van der Waals surface area (Å²) in [5.41, 5.74) is 0.395. The molecule has 1 N–H and O–H groups in total. The number of aryl methyl sites for hydroxylation is 1. The molecule has 3 aromatic rings. The smallest absolute Gasteiger partial charge is 0.199 e. The van der Waals surface area contributed by atoms with E-state index in [9.17, 15) is 5.11 Å². The van der Waals surface area contributed by atoms with Gasteiger partial charge in [0.1, 0.15) is 11.9 Å². The fraction of sp³-hybridized carbons (Fsp3) is 0.409. The van der Waals surface area contributed by atoms with Gasteiger partial charge in [0.15, 0.2) is 17.7 Å². The number of benzene rings is 2. The van der Waals surface area contributed by atoms with Gasteiger partial charge in [-0.15, -0.1) is 10.2 Å². The quantitative estimate of drug-likeness (QED) is 0.457. The first-order chi connectivity index (χ1) is 15.8. The van der Waals surface area contributed by atoms with E-state index in [4.69, 9.17) is 25.8 Å². The van der Waals surface area contributed by atoms with Crippen LogP contribution in [-0.4, -0.2) is 57.5 Å². The first kappa shape index (κ1) is 23.9. The van der Waals surface area contributed by atoms with Gasteiger partial charge >= 0.3 is 0 Å². The topological polar surface area (TPSA) is 94.8 Å². The summed E-state index contributed by atoms with van der Waals surface area (Å²) in [6.07, 6.45) is -1.88. The van der Waals surface area contributed by atoms with E-state index in [1.54, 1.807) is 26.1 Å². The van der Waals surface area contributed by atoms with Crippen LogP contribution in [0.15, 0.2) is 46.9 Å². The molecule has 2 aromatic carbocycles. The number of rotatable bonds is 7. The van der Waals surface area contributed by atoms with Crippen molar-refractivity contribution in [2.75, 3.05) is 19.1 Å². The monoisotopic (exact) mass is 537 g/mol. The zero-order valence-corrected chi connectivity index (χ0v) is 21.0. The van der Waals surface area contributed by atoms with Crippen molar-refractivity contribution in [2.24, 2.45) is 7.05 Å². The zero-order chi connectivity index (χ0) is 23.8. The minimum absolute atomic E-state index is 0.282. The van der Waals surface area contributed by atoms with Gasteiger partial charge < -0.3 is 24.2 Å². The molecule has 9 nitrogen and oxygen atoms in total. The molecule has 11 heteroatoms. The van der Waals surface area contributed by atoms with Gasteiger partial charge in [0.2, 0.25) is 0 Å². The molecule has 176 valence electrons. The highest BCUT2D eigenvalue weighted by Gasteiger charge is 2.54. The normalized spacial score (nSPS) is 22.2. The van der Waals surface area contributed by atoms with Gasteiger partial charge in [0, 0.05) is 35.0 Å². The van der Waals surface area contributed by atoms with Crippen molar-refractivity contribution in [3.8, 4) is 5.75 Å². The van der Waals surface area contributed by atoms with Crippen LogP contribution in [0.25, 0.3) is 0 Å². The summed E-state index contributed by atoms with van der Waals surface area (Å²) < 4.78 is 18.2. The molecule has 1 aromatic heterocycles. The molecular weight excluding hydrogens is 514 g/mol. The second kappa shape index (κ2) is 9.55. The van der Waals surface area contributed by atoms with Crippen LogP contribution >= 0.6 is 27.5 Å². The van der Waals surface area contributed by atoms with E-state index in [1.807, 2.05) is 35.2 Å². The third kappa shape index (κ3) is 4.58. The Morgan fingerprint density at radius 2 is 1.94 bits per heavy atom. The lowest BCUT2D eigenvalue weighted by Gasteiger charge is -2.49.